The zero-order chi connectivity index (χ0) is 16.9. The van der Waals surface area contributed by atoms with Gasteiger partial charge in [0, 0.05) is 63.6 Å². The van der Waals surface area contributed by atoms with Crippen molar-refractivity contribution in [3.63, 3.8) is 0 Å². The maximum absolute atomic E-state index is 13.9. The Bertz CT molecular complexity index is 610. The van der Waals surface area contributed by atoms with Gasteiger partial charge in [0.25, 0.3) is 0 Å². The summed E-state index contributed by atoms with van der Waals surface area (Å²) in [7, 11) is 1.98. The fourth-order valence-corrected chi connectivity index (χ4v) is 3.26. The molecule has 7 heteroatoms. The lowest BCUT2D eigenvalue weighted by Crippen LogP contribution is -2.41. The number of rotatable bonds is 8. The average molecular weight is 334 g/mol. The molecule has 1 fully saturated rings. The maximum atomic E-state index is 13.9. The first kappa shape index (κ1) is 17.1. The highest BCUT2D eigenvalue weighted by Crippen LogP contribution is 2.22. The SMILES string of the molecule is C[C@@H](CCn1cccn1)NC[C@@H]1C[C@H](F)CN1Cc1nccn1C. The lowest BCUT2D eigenvalue weighted by molar-refractivity contribution is 0.219. The molecule has 0 unspecified atom stereocenters. The Kier molecular flexibility index (Phi) is 5.63. The van der Waals surface area contributed by atoms with Crippen LogP contribution in [0.15, 0.2) is 30.9 Å². The summed E-state index contributed by atoms with van der Waals surface area (Å²) in [5.41, 5.74) is 0. The highest BCUT2D eigenvalue weighted by Gasteiger charge is 2.32. The van der Waals surface area contributed by atoms with Gasteiger partial charge in [-0.3, -0.25) is 9.58 Å². The van der Waals surface area contributed by atoms with Gasteiger partial charge < -0.3 is 9.88 Å². The largest absolute Gasteiger partial charge is 0.337 e. The van der Waals surface area contributed by atoms with E-state index < -0.39 is 6.17 Å². The number of alkyl halides is 1. The number of nitrogens with zero attached hydrogens (tertiary/aromatic N) is 5. The molecule has 6 nitrogen and oxygen atoms in total. The van der Waals surface area contributed by atoms with Gasteiger partial charge in [0.1, 0.15) is 12.0 Å². The molecule has 1 N–H and O–H groups in total. The molecule has 3 heterocycles. The Morgan fingerprint density at radius 1 is 1.38 bits per heavy atom. The highest BCUT2D eigenvalue weighted by atomic mass is 19.1. The maximum Gasteiger partial charge on any atom is 0.122 e. The molecule has 0 amide bonds. The molecule has 0 saturated carbocycles. The molecule has 2 aromatic heterocycles. The molecule has 2 aromatic rings. The molecule has 0 aromatic carbocycles. The lowest BCUT2D eigenvalue weighted by Gasteiger charge is -2.25. The number of aryl methyl sites for hydroxylation is 2. The van der Waals surface area contributed by atoms with E-state index in [0.29, 0.717) is 25.6 Å². The average Bonchev–Trinajstić information content (AvgIpc) is 3.27. The van der Waals surface area contributed by atoms with Crippen LogP contribution in [-0.2, 0) is 20.1 Å². The van der Waals surface area contributed by atoms with Crippen LogP contribution in [0, 0.1) is 0 Å². The quantitative estimate of drug-likeness (QED) is 0.797. The minimum absolute atomic E-state index is 0.226. The predicted molar refractivity (Wildman–Crippen MR) is 91.2 cm³/mol. The van der Waals surface area contributed by atoms with E-state index >= 15 is 0 Å². The Morgan fingerprint density at radius 3 is 2.96 bits per heavy atom. The third-order valence-electron chi connectivity index (χ3n) is 4.79. The molecule has 0 spiro atoms. The first-order valence-electron chi connectivity index (χ1n) is 8.67. The molecule has 1 aliphatic heterocycles. The van der Waals surface area contributed by atoms with Crippen molar-refractivity contribution in [3.8, 4) is 0 Å². The monoisotopic (exact) mass is 334 g/mol. The minimum atomic E-state index is -0.739. The smallest absolute Gasteiger partial charge is 0.122 e. The van der Waals surface area contributed by atoms with Crippen LogP contribution >= 0.6 is 0 Å². The first-order chi connectivity index (χ1) is 11.6. The van der Waals surface area contributed by atoms with Crippen LogP contribution in [0.3, 0.4) is 0 Å². The molecule has 0 aliphatic carbocycles. The van der Waals surface area contributed by atoms with Crippen molar-refractivity contribution in [1.82, 2.24) is 29.5 Å². The van der Waals surface area contributed by atoms with Gasteiger partial charge in [-0.05, 0) is 25.8 Å². The van der Waals surface area contributed by atoms with Crippen molar-refractivity contribution in [1.29, 1.82) is 0 Å². The molecule has 3 atom stereocenters. The summed E-state index contributed by atoms with van der Waals surface area (Å²) in [4.78, 5) is 6.57. The highest BCUT2D eigenvalue weighted by molar-refractivity contribution is 4.95. The van der Waals surface area contributed by atoms with Crippen molar-refractivity contribution in [2.24, 2.45) is 7.05 Å². The zero-order valence-electron chi connectivity index (χ0n) is 14.5. The Balaban J connectivity index is 1.46. The van der Waals surface area contributed by atoms with E-state index in [1.165, 1.54) is 0 Å². The van der Waals surface area contributed by atoms with Gasteiger partial charge in [-0.1, -0.05) is 0 Å². The first-order valence-corrected chi connectivity index (χ1v) is 8.67. The second-order valence-corrected chi connectivity index (χ2v) is 6.74. The third kappa shape index (κ3) is 4.42. The normalized spacial score (nSPS) is 23.0. The number of hydrogen-bond donors (Lipinski definition) is 1. The van der Waals surface area contributed by atoms with Crippen LogP contribution in [0.2, 0.25) is 0 Å². The molecule has 3 rings (SSSR count). The lowest BCUT2D eigenvalue weighted by atomic mass is 10.1. The van der Waals surface area contributed by atoms with Gasteiger partial charge in [0.15, 0.2) is 0 Å². The molecule has 1 aliphatic rings. The second kappa shape index (κ2) is 7.90. The van der Waals surface area contributed by atoms with E-state index in [0.717, 1.165) is 25.3 Å². The number of aromatic nitrogens is 4. The second-order valence-electron chi connectivity index (χ2n) is 6.74. The summed E-state index contributed by atoms with van der Waals surface area (Å²) in [6.07, 6.45) is 8.37. The van der Waals surface area contributed by atoms with Crippen molar-refractivity contribution in [2.45, 2.75) is 51.1 Å². The Hall–Kier alpha value is -1.73. The molecule has 132 valence electrons. The van der Waals surface area contributed by atoms with Gasteiger partial charge in [-0.15, -0.1) is 0 Å². The zero-order valence-corrected chi connectivity index (χ0v) is 14.5. The van der Waals surface area contributed by atoms with Crippen LogP contribution in [0.4, 0.5) is 4.39 Å². The van der Waals surface area contributed by atoms with Crippen LogP contribution in [0.5, 0.6) is 0 Å². The van der Waals surface area contributed by atoms with Crippen molar-refractivity contribution in [2.75, 3.05) is 13.1 Å². The number of halogens is 1. The van der Waals surface area contributed by atoms with E-state index in [2.05, 4.69) is 27.2 Å². The number of hydrogen-bond acceptors (Lipinski definition) is 4. The van der Waals surface area contributed by atoms with Crippen LogP contribution in [0.25, 0.3) is 0 Å². The van der Waals surface area contributed by atoms with Crippen LogP contribution in [0.1, 0.15) is 25.6 Å². The Morgan fingerprint density at radius 2 is 2.25 bits per heavy atom. The van der Waals surface area contributed by atoms with Crippen molar-refractivity contribution in [3.05, 3.63) is 36.7 Å². The fraction of sp³-hybridized carbons (Fsp3) is 0.647. The van der Waals surface area contributed by atoms with Gasteiger partial charge in [0.2, 0.25) is 0 Å². The molecular weight excluding hydrogens is 307 g/mol. The Labute approximate surface area is 142 Å². The minimum Gasteiger partial charge on any atom is -0.337 e. The summed E-state index contributed by atoms with van der Waals surface area (Å²) < 4.78 is 17.8. The number of imidazole rings is 1. The molecular formula is C17H27FN6. The molecule has 1 saturated heterocycles. The summed E-state index contributed by atoms with van der Waals surface area (Å²) in [6.45, 7) is 5.09. The van der Waals surface area contributed by atoms with Gasteiger partial charge >= 0.3 is 0 Å². The summed E-state index contributed by atoms with van der Waals surface area (Å²) in [5, 5.41) is 7.77. The summed E-state index contributed by atoms with van der Waals surface area (Å²) >= 11 is 0. The van der Waals surface area contributed by atoms with E-state index in [9.17, 15) is 4.39 Å². The number of likely N-dealkylation sites (tertiary alicyclic amines) is 1. The van der Waals surface area contributed by atoms with E-state index in [1.54, 1.807) is 12.4 Å². The molecule has 0 bridgehead atoms. The third-order valence-corrected chi connectivity index (χ3v) is 4.79. The van der Waals surface area contributed by atoms with Gasteiger partial charge in [0.05, 0.1) is 6.54 Å². The van der Waals surface area contributed by atoms with Crippen molar-refractivity contribution >= 4 is 0 Å². The topological polar surface area (TPSA) is 50.9 Å². The van der Waals surface area contributed by atoms with Crippen LogP contribution < -0.4 is 5.32 Å². The van der Waals surface area contributed by atoms with Crippen molar-refractivity contribution < 1.29 is 4.39 Å². The fourth-order valence-electron chi connectivity index (χ4n) is 3.26. The van der Waals surface area contributed by atoms with Gasteiger partial charge in [-0.25, -0.2) is 9.37 Å². The summed E-state index contributed by atoms with van der Waals surface area (Å²) in [5.74, 6) is 0.987. The van der Waals surface area contributed by atoms with Crippen LogP contribution in [-0.4, -0.2) is 55.6 Å². The molecule has 24 heavy (non-hydrogen) atoms. The standard InChI is InChI=1S/C17H27FN6/c1-14(4-8-24-7-3-5-21-24)20-11-16-10-15(18)12-23(16)13-17-19-6-9-22(17)2/h3,5-7,9,14-16,20H,4,8,10-13H2,1-2H3/t14-,15-,16-/m0/s1. The molecule has 0 radical (unpaired) electrons. The van der Waals surface area contributed by atoms with Gasteiger partial charge in [-0.2, -0.15) is 5.10 Å². The van der Waals surface area contributed by atoms with E-state index in [-0.39, 0.29) is 6.04 Å². The number of nitrogens with one attached hydrogen (secondary N) is 1. The summed E-state index contributed by atoms with van der Waals surface area (Å²) in [6, 6.07) is 2.54. The predicted octanol–water partition coefficient (Wildman–Crippen LogP) is 1.60. The van der Waals surface area contributed by atoms with E-state index in [1.807, 2.05) is 34.8 Å². The van der Waals surface area contributed by atoms with E-state index in [4.69, 9.17) is 0 Å².